The van der Waals surface area contributed by atoms with Crippen molar-refractivity contribution < 1.29 is 23.8 Å². The summed E-state index contributed by atoms with van der Waals surface area (Å²) in [5, 5.41) is 15.0. The summed E-state index contributed by atoms with van der Waals surface area (Å²) in [6.45, 7) is 17.4. The van der Waals surface area contributed by atoms with Crippen molar-refractivity contribution in [2.45, 2.75) is 25.9 Å². The maximum atomic E-state index is 13.1. The third kappa shape index (κ3) is 11.2. The number of rotatable bonds is 13. The number of hydrogen-bond acceptors (Lipinski definition) is 4. The summed E-state index contributed by atoms with van der Waals surface area (Å²) in [6, 6.07) is 0. The van der Waals surface area contributed by atoms with Crippen LogP contribution in [0.5, 0.6) is 0 Å². The number of aliphatic hydroxyl groups is 1. The Morgan fingerprint density at radius 1 is 1.20 bits per heavy atom. The van der Waals surface area contributed by atoms with Gasteiger partial charge in [0.15, 0.2) is 6.61 Å². The predicted octanol–water partition coefficient (Wildman–Crippen LogP) is 3.70. The molecule has 6 nitrogen and oxygen atoms in total. The Bertz CT molecular complexity index is 789. The Balaban J connectivity index is 4.53. The van der Waals surface area contributed by atoms with Crippen LogP contribution in [-0.4, -0.2) is 35.7 Å². The van der Waals surface area contributed by atoms with Crippen molar-refractivity contribution in [3.05, 3.63) is 84.6 Å². The fourth-order valence-electron chi connectivity index (χ4n) is 1.78. The maximum Gasteiger partial charge on any atom is 0.262 e. The molecule has 0 aromatic carbocycles. The van der Waals surface area contributed by atoms with Crippen LogP contribution in [-0.2, 0) is 14.3 Å². The molecule has 0 radical (unpaired) electrons. The van der Waals surface area contributed by atoms with Gasteiger partial charge in [0.1, 0.15) is 11.6 Å². The van der Waals surface area contributed by atoms with Crippen molar-refractivity contribution in [2.24, 2.45) is 0 Å². The summed E-state index contributed by atoms with van der Waals surface area (Å²) in [7, 11) is 0. The second kappa shape index (κ2) is 13.3. The SMILES string of the molecule is C=C/C(=C\C(F)=C\Cl)OCC(=O)NC(=C)CCNC(=O)/C(C=C)=C/C(=C)C(C)(C)O. The largest absolute Gasteiger partial charge is 0.484 e. The minimum absolute atomic E-state index is 0.0359. The smallest absolute Gasteiger partial charge is 0.262 e. The van der Waals surface area contributed by atoms with Crippen molar-refractivity contribution in [1.29, 1.82) is 0 Å². The van der Waals surface area contributed by atoms with Gasteiger partial charge in [-0.25, -0.2) is 4.39 Å². The molecule has 0 aromatic heterocycles. The minimum atomic E-state index is -1.16. The highest BCUT2D eigenvalue weighted by molar-refractivity contribution is 6.25. The van der Waals surface area contributed by atoms with Crippen LogP contribution in [0.2, 0.25) is 0 Å². The monoisotopic (exact) mass is 438 g/mol. The third-order valence-electron chi connectivity index (χ3n) is 3.58. The van der Waals surface area contributed by atoms with Gasteiger partial charge >= 0.3 is 0 Å². The molecule has 3 N–H and O–H groups in total. The summed E-state index contributed by atoms with van der Waals surface area (Å²) in [4.78, 5) is 24.1. The zero-order valence-corrected chi connectivity index (χ0v) is 18.0. The first-order chi connectivity index (χ1) is 13.9. The van der Waals surface area contributed by atoms with Crippen LogP contribution in [0, 0.1) is 0 Å². The van der Waals surface area contributed by atoms with E-state index < -0.39 is 23.2 Å². The van der Waals surface area contributed by atoms with Gasteiger partial charge in [-0.1, -0.05) is 44.0 Å². The molecule has 2 amide bonds. The van der Waals surface area contributed by atoms with Gasteiger partial charge in [0.25, 0.3) is 11.8 Å². The summed E-state index contributed by atoms with van der Waals surface area (Å²) >= 11 is 5.21. The van der Waals surface area contributed by atoms with Crippen LogP contribution in [0.1, 0.15) is 20.3 Å². The number of halogens is 2. The van der Waals surface area contributed by atoms with E-state index in [0.29, 0.717) is 11.3 Å². The first kappa shape index (κ1) is 27.1. The van der Waals surface area contributed by atoms with E-state index in [1.165, 1.54) is 18.2 Å². The average molecular weight is 439 g/mol. The van der Waals surface area contributed by atoms with Gasteiger partial charge in [-0.15, -0.1) is 0 Å². The molecule has 0 heterocycles. The molecule has 0 aromatic rings. The van der Waals surface area contributed by atoms with Crippen LogP contribution in [0.3, 0.4) is 0 Å². The van der Waals surface area contributed by atoms with Crippen LogP contribution in [0.15, 0.2) is 84.6 Å². The number of nitrogens with one attached hydrogen (secondary N) is 2. The molecule has 8 heteroatoms. The summed E-state index contributed by atoms with van der Waals surface area (Å²) in [6.07, 6.45) is 5.28. The molecule has 0 spiro atoms. The zero-order valence-electron chi connectivity index (χ0n) is 17.3. The summed E-state index contributed by atoms with van der Waals surface area (Å²) in [5.74, 6) is -1.63. The van der Waals surface area contributed by atoms with E-state index in [0.717, 1.165) is 11.6 Å². The van der Waals surface area contributed by atoms with Crippen LogP contribution >= 0.6 is 11.6 Å². The first-order valence-corrected chi connectivity index (χ1v) is 9.32. The Labute approximate surface area is 181 Å². The standard InChI is InChI=1S/C22H28ClFN2O4/c1-7-17(11-15(3)22(5,6)29)21(28)25-10-9-16(4)26-20(27)14-30-19(8-2)12-18(24)13-23/h7-8,11-13,29H,1-4,9-10,14H2,5-6H3,(H,25,28)(H,26,27)/b17-11+,18-13-,19-12+. The fourth-order valence-corrected chi connectivity index (χ4v) is 1.85. The van der Waals surface area contributed by atoms with Gasteiger partial charge in [0, 0.05) is 35.8 Å². The van der Waals surface area contributed by atoms with Crippen molar-refractivity contribution in [3.63, 3.8) is 0 Å². The lowest BCUT2D eigenvalue weighted by Crippen LogP contribution is -2.30. The van der Waals surface area contributed by atoms with Crippen LogP contribution in [0.4, 0.5) is 4.39 Å². The normalized spacial score (nSPS) is 12.6. The molecule has 30 heavy (non-hydrogen) atoms. The van der Waals surface area contributed by atoms with E-state index in [1.54, 1.807) is 13.8 Å². The lowest BCUT2D eigenvalue weighted by Gasteiger charge is -2.18. The van der Waals surface area contributed by atoms with E-state index in [9.17, 15) is 19.1 Å². The number of hydrogen-bond donors (Lipinski definition) is 3. The molecule has 0 fully saturated rings. The van der Waals surface area contributed by atoms with E-state index in [2.05, 4.69) is 36.9 Å². The summed E-state index contributed by atoms with van der Waals surface area (Å²) in [5.41, 5.74) is 0.508. The van der Waals surface area contributed by atoms with Crippen molar-refractivity contribution >= 4 is 23.4 Å². The van der Waals surface area contributed by atoms with E-state index in [4.69, 9.17) is 16.3 Å². The maximum absolute atomic E-state index is 13.1. The zero-order chi connectivity index (χ0) is 23.3. The lowest BCUT2D eigenvalue weighted by molar-refractivity contribution is -0.123. The molecule has 0 aliphatic carbocycles. The Kier molecular flexibility index (Phi) is 12.1. The minimum Gasteiger partial charge on any atom is -0.484 e. The Hall–Kier alpha value is -2.90. The Morgan fingerprint density at radius 3 is 2.33 bits per heavy atom. The molecule has 0 saturated carbocycles. The molecule has 0 aliphatic rings. The van der Waals surface area contributed by atoms with Crippen molar-refractivity contribution in [3.8, 4) is 0 Å². The second-order valence-corrected chi connectivity index (χ2v) is 6.80. The van der Waals surface area contributed by atoms with E-state index >= 15 is 0 Å². The molecule has 164 valence electrons. The number of allylic oxidation sites excluding steroid dienone is 3. The molecule has 0 aliphatic heterocycles. The van der Waals surface area contributed by atoms with E-state index in [-0.39, 0.29) is 30.9 Å². The lowest BCUT2D eigenvalue weighted by atomic mass is 9.97. The van der Waals surface area contributed by atoms with Gasteiger partial charge in [0.2, 0.25) is 0 Å². The second-order valence-electron chi connectivity index (χ2n) is 6.58. The number of carbonyl (C=O) groups excluding carboxylic acids is 2. The van der Waals surface area contributed by atoms with Crippen LogP contribution in [0.25, 0.3) is 0 Å². The number of ether oxygens (including phenoxy) is 1. The molecular weight excluding hydrogens is 411 g/mol. The third-order valence-corrected chi connectivity index (χ3v) is 3.79. The molecule has 0 saturated heterocycles. The number of amides is 2. The highest BCUT2D eigenvalue weighted by Crippen LogP contribution is 2.16. The van der Waals surface area contributed by atoms with Crippen molar-refractivity contribution in [2.75, 3.05) is 13.2 Å². The summed E-state index contributed by atoms with van der Waals surface area (Å²) < 4.78 is 18.2. The van der Waals surface area contributed by atoms with Gasteiger partial charge < -0.3 is 20.5 Å². The molecule has 0 atom stereocenters. The average Bonchev–Trinajstić information content (AvgIpc) is 2.67. The Morgan fingerprint density at radius 2 is 1.83 bits per heavy atom. The highest BCUT2D eigenvalue weighted by atomic mass is 35.5. The van der Waals surface area contributed by atoms with Gasteiger partial charge in [0.05, 0.1) is 5.60 Å². The highest BCUT2D eigenvalue weighted by Gasteiger charge is 2.17. The van der Waals surface area contributed by atoms with E-state index in [1.807, 2.05) is 0 Å². The fraction of sp³-hybridized carbons (Fsp3) is 0.273. The quantitative estimate of drug-likeness (QED) is 0.232. The predicted molar refractivity (Wildman–Crippen MR) is 118 cm³/mol. The topological polar surface area (TPSA) is 87.7 Å². The molecular formula is C22H28ClFN2O4. The molecule has 0 unspecified atom stereocenters. The first-order valence-electron chi connectivity index (χ1n) is 8.89. The van der Waals surface area contributed by atoms with Crippen LogP contribution < -0.4 is 10.6 Å². The van der Waals surface area contributed by atoms with Gasteiger partial charge in [-0.3, -0.25) is 9.59 Å². The number of carbonyl (C=O) groups is 2. The molecule has 0 bridgehead atoms. The van der Waals surface area contributed by atoms with Crippen molar-refractivity contribution in [1.82, 2.24) is 10.6 Å². The molecule has 0 rings (SSSR count). The van der Waals surface area contributed by atoms with Gasteiger partial charge in [-0.05, 0) is 31.6 Å². The van der Waals surface area contributed by atoms with Gasteiger partial charge in [-0.2, -0.15) is 0 Å².